The van der Waals surface area contributed by atoms with Gasteiger partial charge in [-0.25, -0.2) is 14.4 Å². The van der Waals surface area contributed by atoms with Gasteiger partial charge in [0.1, 0.15) is 37.6 Å². The smallest absolute Gasteiger partial charge is 0.330 e. The van der Waals surface area contributed by atoms with Gasteiger partial charge in [-0.2, -0.15) is 8.48 Å². The van der Waals surface area contributed by atoms with E-state index in [4.69, 9.17) is 47.8 Å². The number of rotatable bonds is 20. The third-order valence-corrected chi connectivity index (χ3v) is 10.5. The van der Waals surface area contributed by atoms with Gasteiger partial charge < -0.3 is 47.5 Å². The summed E-state index contributed by atoms with van der Waals surface area (Å²) in [7, 11) is -1.55. The van der Waals surface area contributed by atoms with E-state index in [1.807, 2.05) is 38.4 Å². The lowest BCUT2D eigenvalue weighted by atomic mass is 10.0. The maximum atomic E-state index is 13.2. The molecule has 1 aromatic heterocycles. The number of morpholine rings is 1. The number of nitrogens with zero attached hydrogens (tertiary/aromatic N) is 4. The highest BCUT2D eigenvalue weighted by Crippen LogP contribution is 2.40. The van der Waals surface area contributed by atoms with Crippen LogP contribution in [0.3, 0.4) is 0 Å². The molecule has 3 heterocycles. The van der Waals surface area contributed by atoms with Crippen LogP contribution in [-0.4, -0.2) is 143 Å². The standard InChI is InChI=1S/C27H38IN3O15.C9H19N2O2P/c1-15-9-31(26(37)29-25(15)36)22-10-30(13-27(5,45-22)14-41-46-28)21(35)12-38-6-7-39-23-8-19(42-17(3)33)24(43-18(4)34)20(44-23)11-40-16(2)32;1-8(2)11(9(3)4)14(12)13-7-5-6-10/h9,19-20,22-24H,6-8,10-14H2,1-5H3,(H,29,36,37);8-9,12H,5,7H2,1-4H3/t19?,20?,22-,23-,24?,27+;/m1./s1. The van der Waals surface area contributed by atoms with E-state index in [1.165, 1.54) is 43.4 Å². The van der Waals surface area contributed by atoms with E-state index in [2.05, 4.69) is 8.20 Å². The van der Waals surface area contributed by atoms with E-state index in [0.29, 0.717) is 13.0 Å². The summed E-state index contributed by atoms with van der Waals surface area (Å²) in [6.45, 7) is 14.4. The first-order chi connectivity index (χ1) is 28.2. The van der Waals surface area contributed by atoms with Crippen LogP contribution < -0.4 is 11.2 Å². The summed E-state index contributed by atoms with van der Waals surface area (Å²) in [5.74, 6) is -2.27. The van der Waals surface area contributed by atoms with Crippen molar-refractivity contribution in [1.29, 1.82) is 5.26 Å². The molecule has 0 radical (unpaired) electrons. The summed E-state index contributed by atoms with van der Waals surface area (Å²) in [5.41, 5.74) is -2.04. The summed E-state index contributed by atoms with van der Waals surface area (Å²) >= 11 is 1.54. The summed E-state index contributed by atoms with van der Waals surface area (Å²) in [5, 5.41) is 8.32. The van der Waals surface area contributed by atoms with Gasteiger partial charge in [0, 0.05) is 51.0 Å². The number of esters is 3. The number of ether oxygens (including phenoxy) is 7. The zero-order valence-corrected chi connectivity index (χ0v) is 38.3. The first kappa shape index (κ1) is 53.0. The molecule has 1 aromatic rings. The van der Waals surface area contributed by atoms with E-state index < -0.39 is 80.0 Å². The molecular formula is C36H57IN5O17P. The number of halogens is 1. The molecule has 24 heteroatoms. The molecule has 2 saturated heterocycles. The van der Waals surface area contributed by atoms with E-state index in [9.17, 15) is 33.7 Å². The fraction of sp³-hybridized carbons (Fsp3) is 0.750. The largest absolute Gasteiger partial charge is 0.463 e. The van der Waals surface area contributed by atoms with Crippen LogP contribution in [0.5, 0.6) is 0 Å². The second-order valence-corrected chi connectivity index (χ2v) is 16.0. The predicted octanol–water partition coefficient (Wildman–Crippen LogP) is 2.09. The second-order valence-electron chi connectivity index (χ2n) is 14.4. The molecule has 340 valence electrons. The number of aromatic amines is 1. The van der Waals surface area contributed by atoms with Crippen molar-refractivity contribution in [3.8, 4) is 6.07 Å². The van der Waals surface area contributed by atoms with Gasteiger partial charge in [0.25, 0.3) is 14.1 Å². The number of carbonyl (C=O) groups is 4. The molecule has 3 rings (SSSR count). The Hall–Kier alpha value is -3.15. The highest BCUT2D eigenvalue weighted by Gasteiger charge is 2.44. The van der Waals surface area contributed by atoms with Gasteiger partial charge in [-0.1, -0.05) is 0 Å². The fourth-order valence-corrected chi connectivity index (χ4v) is 7.45. The highest BCUT2D eigenvalue weighted by molar-refractivity contribution is 14.1. The molecule has 0 spiro atoms. The molecule has 0 bridgehead atoms. The predicted molar refractivity (Wildman–Crippen MR) is 217 cm³/mol. The second kappa shape index (κ2) is 26.4. The molecule has 0 saturated carbocycles. The van der Waals surface area contributed by atoms with Crippen molar-refractivity contribution in [2.24, 2.45) is 0 Å². The van der Waals surface area contributed by atoms with E-state index in [0.717, 1.165) is 0 Å². The van der Waals surface area contributed by atoms with Crippen LogP contribution in [-0.2, 0) is 65.0 Å². The summed E-state index contributed by atoms with van der Waals surface area (Å²) in [6, 6.07) is 2.46. The Morgan fingerprint density at radius 3 is 2.33 bits per heavy atom. The number of nitrogens with one attached hydrogen (secondary N) is 1. The van der Waals surface area contributed by atoms with Gasteiger partial charge in [-0.05, 0) is 41.5 Å². The Bertz CT molecular complexity index is 1700. The zero-order chi connectivity index (χ0) is 45.2. The molecular weight excluding hydrogens is 932 g/mol. The lowest BCUT2D eigenvalue weighted by Crippen LogP contribution is -2.58. The number of carbonyl (C=O) groups excluding carboxylic acids is 4. The number of hydrogen-bond donors (Lipinski definition) is 2. The van der Waals surface area contributed by atoms with Crippen LogP contribution in [0.2, 0.25) is 0 Å². The number of H-pyrrole nitrogens is 1. The SMILES string of the molecule is CC(=O)OCC1O[C@@H](OCCOCC(=O)N2C[C@H](n3cc(C)c(=O)[nH]c3=O)O[C@](C)(COOI)C2)CC(OC(C)=O)C1OC(C)=O.CC(C)N(C(C)C)P(O)OCCC#N. The van der Waals surface area contributed by atoms with Crippen molar-refractivity contribution in [2.45, 2.75) is 124 Å². The molecule has 60 heavy (non-hydrogen) atoms. The molecule has 2 fully saturated rings. The average Bonchev–Trinajstić information content (AvgIpc) is 3.15. The minimum absolute atomic E-state index is 0.00732. The monoisotopic (exact) mass is 989 g/mol. The van der Waals surface area contributed by atoms with Crippen molar-refractivity contribution in [1.82, 2.24) is 19.1 Å². The molecule has 7 atom stereocenters. The minimum atomic E-state index is -1.55. The maximum Gasteiger partial charge on any atom is 0.330 e. The number of aryl methyl sites for hydroxylation is 1. The van der Waals surface area contributed by atoms with Crippen LogP contribution in [0.1, 0.15) is 80.0 Å². The van der Waals surface area contributed by atoms with Gasteiger partial charge in [0.05, 0.1) is 45.4 Å². The Morgan fingerprint density at radius 1 is 1.08 bits per heavy atom. The van der Waals surface area contributed by atoms with E-state index >= 15 is 0 Å². The minimum Gasteiger partial charge on any atom is -0.463 e. The first-order valence-corrected chi connectivity index (χ1v) is 21.0. The van der Waals surface area contributed by atoms with Crippen LogP contribution in [0.25, 0.3) is 0 Å². The number of nitriles is 1. The van der Waals surface area contributed by atoms with Crippen molar-refractivity contribution in [3.63, 3.8) is 0 Å². The Balaban J connectivity index is 0.000000755. The Kier molecular flexibility index (Phi) is 23.3. The fourth-order valence-electron chi connectivity index (χ4n) is 6.15. The third kappa shape index (κ3) is 18.1. The number of aromatic nitrogens is 2. The summed E-state index contributed by atoms with van der Waals surface area (Å²) < 4.78 is 51.9. The normalized spacial score (nSPS) is 23.4. The number of amides is 1. The first-order valence-electron chi connectivity index (χ1n) is 19.0. The van der Waals surface area contributed by atoms with Gasteiger partial charge in [0.15, 0.2) is 41.6 Å². The maximum absolute atomic E-state index is 13.2. The topological polar surface area (TPSA) is 266 Å². The molecule has 1 amide bonds. The summed E-state index contributed by atoms with van der Waals surface area (Å²) in [6.07, 6.45) is -3.17. The molecule has 22 nitrogen and oxygen atoms in total. The molecule has 2 N–H and O–H groups in total. The Labute approximate surface area is 363 Å². The van der Waals surface area contributed by atoms with Crippen LogP contribution >= 0.6 is 31.5 Å². The lowest BCUT2D eigenvalue weighted by Gasteiger charge is -2.44. The van der Waals surface area contributed by atoms with Gasteiger partial charge >= 0.3 is 23.6 Å². The zero-order valence-electron chi connectivity index (χ0n) is 35.3. The van der Waals surface area contributed by atoms with Crippen molar-refractivity contribution in [3.05, 3.63) is 32.6 Å². The van der Waals surface area contributed by atoms with E-state index in [1.54, 1.807) is 29.9 Å². The van der Waals surface area contributed by atoms with Gasteiger partial charge in [-0.3, -0.25) is 33.5 Å². The van der Waals surface area contributed by atoms with Crippen molar-refractivity contribution >= 4 is 55.3 Å². The molecule has 2 aliphatic heterocycles. The molecule has 0 aliphatic carbocycles. The lowest BCUT2D eigenvalue weighted by molar-refractivity contribution is -0.268. The third-order valence-electron chi connectivity index (χ3n) is 8.53. The Morgan fingerprint density at radius 2 is 1.75 bits per heavy atom. The molecule has 2 aliphatic rings. The van der Waals surface area contributed by atoms with Crippen molar-refractivity contribution < 1.29 is 69.9 Å². The van der Waals surface area contributed by atoms with Gasteiger partial charge in [-0.15, -0.1) is 0 Å². The van der Waals surface area contributed by atoms with Gasteiger partial charge in [0.2, 0.25) is 5.91 Å². The average molecular weight is 990 g/mol. The van der Waals surface area contributed by atoms with Crippen LogP contribution in [0.15, 0.2) is 15.8 Å². The molecule has 4 unspecified atom stereocenters. The van der Waals surface area contributed by atoms with Crippen molar-refractivity contribution in [2.75, 3.05) is 52.7 Å². The highest BCUT2D eigenvalue weighted by atomic mass is 127. The van der Waals surface area contributed by atoms with Crippen LogP contribution in [0.4, 0.5) is 0 Å². The quantitative estimate of drug-likeness (QED) is 0.0360. The number of hydrogen-bond acceptors (Lipinski definition) is 19. The molecule has 0 aromatic carbocycles. The van der Waals surface area contributed by atoms with E-state index in [-0.39, 0.29) is 70.2 Å². The summed E-state index contributed by atoms with van der Waals surface area (Å²) in [4.78, 5) is 90.8. The van der Waals surface area contributed by atoms with Crippen LogP contribution in [0, 0.1) is 18.3 Å².